The van der Waals surface area contributed by atoms with E-state index < -0.39 is 0 Å². The molecule has 0 spiro atoms. The highest BCUT2D eigenvalue weighted by atomic mass is 32.2. The molecule has 0 radical (unpaired) electrons. The number of hydrogen-bond acceptors (Lipinski definition) is 5. The first-order valence-electron chi connectivity index (χ1n) is 6.90. The molecule has 0 aromatic heterocycles. The lowest BCUT2D eigenvalue weighted by Gasteiger charge is -2.13. The number of nitrogens with zero attached hydrogens (tertiary/aromatic N) is 3. The second-order valence-electron chi connectivity index (χ2n) is 4.73. The van der Waals surface area contributed by atoms with Crippen molar-refractivity contribution in [2.24, 2.45) is 10.2 Å². The van der Waals surface area contributed by atoms with Crippen LogP contribution in [-0.2, 0) is 4.79 Å². The van der Waals surface area contributed by atoms with Crippen LogP contribution in [0.25, 0.3) is 0 Å². The number of benzene rings is 1. The van der Waals surface area contributed by atoms with Crippen LogP contribution in [0.5, 0.6) is 0 Å². The normalized spacial score (nSPS) is 17.1. The highest BCUT2D eigenvalue weighted by molar-refractivity contribution is 8.15. The molecule has 114 valence electrons. The average Bonchev–Trinajstić information content (AvgIpc) is 2.91. The van der Waals surface area contributed by atoms with E-state index in [2.05, 4.69) is 16.8 Å². The van der Waals surface area contributed by atoms with E-state index in [0.717, 1.165) is 23.5 Å². The summed E-state index contributed by atoms with van der Waals surface area (Å²) in [7, 11) is 0. The van der Waals surface area contributed by atoms with E-state index in [1.54, 1.807) is 24.3 Å². The Morgan fingerprint density at radius 1 is 1.41 bits per heavy atom. The van der Waals surface area contributed by atoms with Gasteiger partial charge < -0.3 is 0 Å². The predicted molar refractivity (Wildman–Crippen MR) is 90.1 cm³/mol. The minimum absolute atomic E-state index is 0.207. The summed E-state index contributed by atoms with van der Waals surface area (Å²) in [5.41, 5.74) is 1.29. The molecule has 1 aliphatic heterocycles. The molecule has 1 fully saturated rings. The minimum Gasteiger partial charge on any atom is -0.273 e. The molecule has 1 aromatic carbocycles. The summed E-state index contributed by atoms with van der Waals surface area (Å²) in [6.45, 7) is 5.52. The van der Waals surface area contributed by atoms with Gasteiger partial charge in [0.1, 0.15) is 0 Å². The van der Waals surface area contributed by atoms with Crippen LogP contribution in [0, 0.1) is 0 Å². The van der Waals surface area contributed by atoms with E-state index in [4.69, 9.17) is 0 Å². The van der Waals surface area contributed by atoms with Crippen molar-refractivity contribution >= 4 is 34.5 Å². The third kappa shape index (κ3) is 3.92. The molecule has 1 heterocycles. The lowest BCUT2D eigenvalue weighted by Crippen LogP contribution is -2.35. The Morgan fingerprint density at radius 2 is 2.14 bits per heavy atom. The van der Waals surface area contributed by atoms with Crippen molar-refractivity contribution in [3.63, 3.8) is 0 Å². The predicted octanol–water partition coefficient (Wildman–Crippen LogP) is 3.10. The van der Waals surface area contributed by atoms with E-state index in [-0.39, 0.29) is 17.6 Å². The maximum Gasteiger partial charge on any atom is 0.266 e. The maximum atomic E-state index is 12.4. The van der Waals surface area contributed by atoms with Crippen LogP contribution < -0.4 is 0 Å². The molecule has 0 saturated carbocycles. The molecule has 0 unspecified atom stereocenters. The summed E-state index contributed by atoms with van der Waals surface area (Å²) < 4.78 is 0. The van der Waals surface area contributed by atoms with Crippen LogP contribution in [0.2, 0.25) is 0 Å². The quantitative estimate of drug-likeness (QED) is 0.363. The van der Waals surface area contributed by atoms with Crippen molar-refractivity contribution in [2.75, 3.05) is 5.75 Å². The molecule has 6 heteroatoms. The molecule has 0 bridgehead atoms. The SMILES string of the molecule is C=CCC/C(C)=N\N=C1\SCC(=O)N1C(=O)c1ccccc1. The van der Waals surface area contributed by atoms with Gasteiger partial charge in [0.15, 0.2) is 5.17 Å². The van der Waals surface area contributed by atoms with E-state index in [1.807, 2.05) is 19.1 Å². The Bertz CT molecular complexity index is 638. The smallest absolute Gasteiger partial charge is 0.266 e. The summed E-state index contributed by atoms with van der Waals surface area (Å²) in [6.07, 6.45) is 3.38. The topological polar surface area (TPSA) is 62.1 Å². The summed E-state index contributed by atoms with van der Waals surface area (Å²) in [4.78, 5) is 25.5. The zero-order valence-corrected chi connectivity index (χ0v) is 13.2. The fourth-order valence-corrected chi connectivity index (χ4v) is 2.63. The first-order valence-corrected chi connectivity index (χ1v) is 7.89. The highest BCUT2D eigenvalue weighted by Crippen LogP contribution is 2.22. The zero-order valence-electron chi connectivity index (χ0n) is 12.4. The van der Waals surface area contributed by atoms with Gasteiger partial charge in [0.25, 0.3) is 5.91 Å². The van der Waals surface area contributed by atoms with Gasteiger partial charge in [-0.2, -0.15) is 5.10 Å². The minimum atomic E-state index is -0.367. The number of hydrogen-bond donors (Lipinski definition) is 0. The summed E-state index contributed by atoms with van der Waals surface area (Å²) in [5.74, 6) is -0.427. The van der Waals surface area contributed by atoms with Gasteiger partial charge in [-0.1, -0.05) is 36.0 Å². The van der Waals surface area contributed by atoms with Crippen molar-refractivity contribution in [3.8, 4) is 0 Å². The fraction of sp³-hybridized carbons (Fsp3) is 0.250. The number of carbonyl (C=O) groups excluding carboxylic acids is 2. The number of carbonyl (C=O) groups is 2. The first kappa shape index (κ1) is 16.2. The molecule has 2 amide bonds. The fourth-order valence-electron chi connectivity index (χ4n) is 1.83. The van der Waals surface area contributed by atoms with Gasteiger partial charge in [0.2, 0.25) is 5.91 Å². The molecule has 2 rings (SSSR count). The first-order chi connectivity index (χ1) is 10.6. The Labute approximate surface area is 133 Å². The van der Waals surface area contributed by atoms with Crippen molar-refractivity contribution in [1.29, 1.82) is 0 Å². The van der Waals surface area contributed by atoms with E-state index >= 15 is 0 Å². The Morgan fingerprint density at radius 3 is 2.82 bits per heavy atom. The second-order valence-corrected chi connectivity index (χ2v) is 5.68. The van der Waals surface area contributed by atoms with Crippen LogP contribution in [0.4, 0.5) is 0 Å². The molecular formula is C16H17N3O2S. The summed E-state index contributed by atoms with van der Waals surface area (Å²) in [6, 6.07) is 8.69. The standard InChI is InChI=1S/C16H17N3O2S/c1-3-4-8-12(2)17-18-16-19(14(20)11-22-16)15(21)13-9-6-5-7-10-13/h3,5-7,9-10H,1,4,8,11H2,2H3/b17-12-,18-16+. The van der Waals surface area contributed by atoms with Crippen molar-refractivity contribution in [1.82, 2.24) is 4.90 Å². The number of amides is 2. The Kier molecular flexibility index (Phi) is 5.66. The zero-order chi connectivity index (χ0) is 15.9. The van der Waals surface area contributed by atoms with Crippen LogP contribution in [0.15, 0.2) is 53.2 Å². The third-order valence-corrected chi connectivity index (χ3v) is 3.92. The average molecular weight is 315 g/mol. The van der Waals surface area contributed by atoms with Gasteiger partial charge in [-0.25, -0.2) is 4.90 Å². The van der Waals surface area contributed by atoms with Gasteiger partial charge >= 0.3 is 0 Å². The molecule has 1 aliphatic rings. The molecule has 0 atom stereocenters. The Balaban J connectivity index is 2.19. The van der Waals surface area contributed by atoms with Gasteiger partial charge in [-0.3, -0.25) is 9.59 Å². The monoisotopic (exact) mass is 315 g/mol. The summed E-state index contributed by atoms with van der Waals surface area (Å²) in [5, 5.41) is 8.50. The largest absolute Gasteiger partial charge is 0.273 e. The third-order valence-electron chi connectivity index (χ3n) is 3.01. The Hall–Kier alpha value is -2.21. The van der Waals surface area contributed by atoms with Crippen LogP contribution in [0.3, 0.4) is 0 Å². The molecule has 1 aromatic rings. The molecule has 5 nitrogen and oxygen atoms in total. The van der Waals surface area contributed by atoms with Crippen molar-refractivity contribution < 1.29 is 9.59 Å². The van der Waals surface area contributed by atoms with Gasteiger partial charge in [-0.05, 0) is 31.9 Å². The lowest BCUT2D eigenvalue weighted by atomic mass is 10.2. The van der Waals surface area contributed by atoms with Gasteiger partial charge in [0.05, 0.1) is 5.75 Å². The number of allylic oxidation sites excluding steroid dienone is 1. The maximum absolute atomic E-state index is 12.4. The van der Waals surface area contributed by atoms with Crippen molar-refractivity contribution in [3.05, 3.63) is 48.6 Å². The molecule has 1 saturated heterocycles. The highest BCUT2D eigenvalue weighted by Gasteiger charge is 2.34. The number of amidine groups is 1. The lowest BCUT2D eigenvalue weighted by molar-refractivity contribution is -0.122. The molecule has 0 aliphatic carbocycles. The second kappa shape index (κ2) is 7.70. The number of rotatable bonds is 5. The summed E-state index contributed by atoms with van der Waals surface area (Å²) >= 11 is 1.23. The van der Waals surface area contributed by atoms with Crippen molar-refractivity contribution in [2.45, 2.75) is 19.8 Å². The van der Waals surface area contributed by atoms with Gasteiger partial charge in [-0.15, -0.1) is 11.7 Å². The number of imide groups is 1. The van der Waals surface area contributed by atoms with Crippen LogP contribution >= 0.6 is 11.8 Å². The molecule has 22 heavy (non-hydrogen) atoms. The molecular weight excluding hydrogens is 298 g/mol. The van der Waals surface area contributed by atoms with E-state index in [0.29, 0.717) is 10.7 Å². The van der Waals surface area contributed by atoms with Crippen LogP contribution in [0.1, 0.15) is 30.1 Å². The van der Waals surface area contributed by atoms with E-state index in [1.165, 1.54) is 11.8 Å². The van der Waals surface area contributed by atoms with E-state index in [9.17, 15) is 9.59 Å². The molecule has 0 N–H and O–H groups in total. The number of thioether (sulfide) groups is 1. The van der Waals surface area contributed by atoms with Crippen LogP contribution in [-0.4, -0.2) is 33.3 Å². The van der Waals surface area contributed by atoms with Gasteiger partial charge in [0, 0.05) is 11.3 Å².